The highest BCUT2D eigenvalue weighted by Gasteiger charge is 2.74. The minimum Gasteiger partial charge on any atom is -0.382 e. The molecule has 1 aromatic heterocycles. The summed E-state index contributed by atoms with van der Waals surface area (Å²) < 4.78 is 2.07. The second kappa shape index (κ2) is 3.28. The summed E-state index contributed by atoms with van der Waals surface area (Å²) in [6.07, 6.45) is 0. The summed E-state index contributed by atoms with van der Waals surface area (Å²) in [5, 5.41) is 5.81. The highest BCUT2D eigenvalue weighted by atomic mass is 35.5. The SMILES string of the molecule is Cc1c(N)nn2c1[C@@H]1C(c3cc(Cl)cc(Cl)c3)C12C. The molecule has 1 fully saturated rings. The van der Waals surface area contributed by atoms with Crippen molar-refractivity contribution in [2.45, 2.75) is 31.2 Å². The molecule has 3 atom stereocenters. The second-order valence-electron chi connectivity index (χ2n) is 5.69. The molecular weight excluding hydrogens is 281 g/mol. The van der Waals surface area contributed by atoms with Crippen LogP contribution in [0.3, 0.4) is 0 Å². The van der Waals surface area contributed by atoms with Crippen LogP contribution in [-0.2, 0) is 5.54 Å². The van der Waals surface area contributed by atoms with Crippen LogP contribution in [0, 0.1) is 6.92 Å². The number of nitrogens with two attached hydrogens (primary N) is 1. The maximum Gasteiger partial charge on any atom is 0.148 e. The Morgan fingerprint density at radius 3 is 2.42 bits per heavy atom. The first-order valence-electron chi connectivity index (χ1n) is 6.26. The van der Waals surface area contributed by atoms with Crippen LogP contribution in [0.2, 0.25) is 10.0 Å². The first-order chi connectivity index (χ1) is 8.94. The van der Waals surface area contributed by atoms with Crippen molar-refractivity contribution >= 4 is 29.0 Å². The van der Waals surface area contributed by atoms with Crippen LogP contribution in [0.4, 0.5) is 5.82 Å². The summed E-state index contributed by atoms with van der Waals surface area (Å²) in [7, 11) is 0. The zero-order valence-electron chi connectivity index (χ0n) is 10.6. The Morgan fingerprint density at radius 1 is 1.21 bits per heavy atom. The molecule has 4 rings (SSSR count). The molecule has 0 spiro atoms. The number of aromatic nitrogens is 2. The largest absolute Gasteiger partial charge is 0.382 e. The summed E-state index contributed by atoms with van der Waals surface area (Å²) in [6, 6.07) is 5.77. The van der Waals surface area contributed by atoms with Crippen LogP contribution in [-0.4, -0.2) is 9.78 Å². The normalized spacial score (nSPS) is 30.5. The summed E-state index contributed by atoms with van der Waals surface area (Å²) in [5.41, 5.74) is 9.49. The summed E-state index contributed by atoms with van der Waals surface area (Å²) in [4.78, 5) is 0. The van der Waals surface area contributed by atoms with Gasteiger partial charge in [-0.1, -0.05) is 23.2 Å². The van der Waals surface area contributed by atoms with Crippen molar-refractivity contribution in [3.63, 3.8) is 0 Å². The lowest BCUT2D eigenvalue weighted by Gasteiger charge is -2.24. The molecule has 0 amide bonds. The molecule has 2 aliphatic rings. The van der Waals surface area contributed by atoms with Crippen LogP contribution >= 0.6 is 23.2 Å². The van der Waals surface area contributed by atoms with Gasteiger partial charge in [0.15, 0.2) is 0 Å². The molecule has 2 unspecified atom stereocenters. The smallest absolute Gasteiger partial charge is 0.148 e. The van der Waals surface area contributed by atoms with E-state index in [0.29, 0.717) is 27.7 Å². The minimum atomic E-state index is 0.0473. The predicted octanol–water partition coefficient (Wildman–Crippen LogP) is 3.69. The quantitative estimate of drug-likeness (QED) is 0.871. The lowest BCUT2D eigenvalue weighted by molar-refractivity contribution is 0.369. The van der Waals surface area contributed by atoms with Gasteiger partial charge >= 0.3 is 0 Å². The van der Waals surface area contributed by atoms with Gasteiger partial charge in [0.2, 0.25) is 0 Å². The fourth-order valence-electron chi connectivity index (χ4n) is 3.68. The van der Waals surface area contributed by atoms with Gasteiger partial charge in [-0.25, -0.2) is 0 Å². The molecule has 0 bridgehead atoms. The van der Waals surface area contributed by atoms with Crippen molar-refractivity contribution in [3.05, 3.63) is 45.1 Å². The first-order valence-corrected chi connectivity index (χ1v) is 7.01. The molecule has 5 heteroatoms. The van der Waals surface area contributed by atoms with E-state index in [1.807, 2.05) is 19.1 Å². The van der Waals surface area contributed by atoms with E-state index in [1.54, 1.807) is 6.07 Å². The average Bonchev–Trinajstić information content (AvgIpc) is 2.74. The van der Waals surface area contributed by atoms with Crippen molar-refractivity contribution in [1.82, 2.24) is 9.78 Å². The molecule has 2 aromatic rings. The standard InChI is InChI=1S/C14H13Cl2N3/c1-6-12-11-10(7-3-8(15)5-9(16)4-7)14(11,2)19(12)18-13(6)17/h3-5,10-11H,1-2H3,(H2,17,18)/t10?,11-,14?/m0/s1. The molecule has 3 nitrogen and oxygen atoms in total. The number of hydrogen-bond acceptors (Lipinski definition) is 2. The van der Waals surface area contributed by atoms with Crippen molar-refractivity contribution in [1.29, 1.82) is 0 Å². The molecule has 1 aliphatic carbocycles. The molecule has 98 valence electrons. The fraction of sp³-hybridized carbons (Fsp3) is 0.357. The fourth-order valence-corrected chi connectivity index (χ4v) is 4.22. The number of rotatable bonds is 1. The zero-order valence-corrected chi connectivity index (χ0v) is 12.1. The van der Waals surface area contributed by atoms with E-state index >= 15 is 0 Å². The maximum absolute atomic E-state index is 6.10. The molecule has 0 saturated heterocycles. The van der Waals surface area contributed by atoms with Gasteiger partial charge in [-0.15, -0.1) is 0 Å². The number of benzene rings is 1. The molecule has 2 heterocycles. The number of nitrogens with zero attached hydrogens (tertiary/aromatic N) is 2. The van der Waals surface area contributed by atoms with E-state index in [2.05, 4.69) is 16.7 Å². The average molecular weight is 294 g/mol. The molecule has 1 aromatic carbocycles. The Bertz CT molecular complexity index is 701. The molecule has 2 N–H and O–H groups in total. The molecule has 0 radical (unpaired) electrons. The Hall–Kier alpha value is -1.19. The van der Waals surface area contributed by atoms with Crippen molar-refractivity contribution in [2.24, 2.45) is 0 Å². The van der Waals surface area contributed by atoms with Gasteiger partial charge in [0.25, 0.3) is 0 Å². The van der Waals surface area contributed by atoms with Crippen molar-refractivity contribution in [2.75, 3.05) is 5.73 Å². The van der Waals surface area contributed by atoms with E-state index in [-0.39, 0.29) is 5.54 Å². The Balaban J connectivity index is 1.79. The topological polar surface area (TPSA) is 43.8 Å². The number of nitrogen functional groups attached to an aromatic ring is 1. The third kappa shape index (κ3) is 1.23. The van der Waals surface area contributed by atoms with E-state index < -0.39 is 0 Å². The first kappa shape index (κ1) is 11.6. The Labute approximate surface area is 121 Å². The van der Waals surface area contributed by atoms with Crippen LogP contribution in [0.1, 0.15) is 35.6 Å². The molecule has 1 saturated carbocycles. The van der Waals surface area contributed by atoms with Gasteiger partial charge in [-0.2, -0.15) is 5.10 Å². The summed E-state index contributed by atoms with van der Waals surface area (Å²) in [6.45, 7) is 4.25. The van der Waals surface area contributed by atoms with E-state index in [1.165, 1.54) is 11.3 Å². The highest BCUT2D eigenvalue weighted by molar-refractivity contribution is 6.34. The van der Waals surface area contributed by atoms with Gasteiger partial charge in [0.05, 0.1) is 11.2 Å². The number of fused-ring (bicyclic) bond motifs is 4. The van der Waals surface area contributed by atoms with Gasteiger partial charge in [0, 0.05) is 27.4 Å². The third-order valence-corrected chi connectivity index (χ3v) is 5.12. The van der Waals surface area contributed by atoms with Gasteiger partial charge in [-0.3, -0.25) is 4.68 Å². The van der Waals surface area contributed by atoms with Gasteiger partial charge in [0.1, 0.15) is 5.82 Å². The van der Waals surface area contributed by atoms with Crippen molar-refractivity contribution < 1.29 is 0 Å². The molecule has 19 heavy (non-hydrogen) atoms. The van der Waals surface area contributed by atoms with Crippen LogP contribution in [0.25, 0.3) is 0 Å². The molecular formula is C14H13Cl2N3. The summed E-state index contributed by atoms with van der Waals surface area (Å²) in [5.74, 6) is 1.55. The highest BCUT2D eigenvalue weighted by Crippen LogP contribution is 2.75. The van der Waals surface area contributed by atoms with Gasteiger partial charge < -0.3 is 5.73 Å². The van der Waals surface area contributed by atoms with Crippen molar-refractivity contribution in [3.8, 4) is 0 Å². The minimum absolute atomic E-state index is 0.0473. The van der Waals surface area contributed by atoms with E-state index in [0.717, 1.165) is 5.56 Å². The maximum atomic E-state index is 6.10. The monoisotopic (exact) mass is 293 g/mol. The lowest BCUT2D eigenvalue weighted by Crippen LogP contribution is -2.28. The number of halogens is 2. The number of anilines is 1. The second-order valence-corrected chi connectivity index (χ2v) is 6.56. The third-order valence-electron chi connectivity index (χ3n) is 4.68. The van der Waals surface area contributed by atoms with E-state index in [4.69, 9.17) is 28.9 Å². The predicted molar refractivity (Wildman–Crippen MR) is 77.0 cm³/mol. The van der Waals surface area contributed by atoms with Crippen LogP contribution in [0.5, 0.6) is 0 Å². The lowest BCUT2D eigenvalue weighted by atomic mass is 10.0. The van der Waals surface area contributed by atoms with E-state index in [9.17, 15) is 0 Å². The Kier molecular flexibility index (Phi) is 2.00. The Morgan fingerprint density at radius 2 is 1.84 bits per heavy atom. The van der Waals surface area contributed by atoms with Crippen LogP contribution in [0.15, 0.2) is 18.2 Å². The van der Waals surface area contributed by atoms with Gasteiger partial charge in [-0.05, 0) is 37.6 Å². The van der Waals surface area contributed by atoms with Crippen LogP contribution < -0.4 is 5.73 Å². The number of hydrogen-bond donors (Lipinski definition) is 1. The summed E-state index contributed by atoms with van der Waals surface area (Å²) >= 11 is 12.2. The molecule has 1 aliphatic heterocycles. The zero-order chi connectivity index (χ0) is 13.5.